The molecule has 0 saturated carbocycles. The standard InChI is InChI=1S/C18H17ClFN3O2/c1-10(24)21-13-4-6-15(20)17(9-13)23-18(25)22-16-7-2-11-8-12(19)3-5-14(11)16/h3-6,8-9,16H,2,7H2,1H3,(H,21,24)(H2,22,23,25). The van der Waals surface area contributed by atoms with Crippen LogP contribution < -0.4 is 16.0 Å². The van der Waals surface area contributed by atoms with Crippen LogP contribution >= 0.6 is 11.6 Å². The molecule has 5 nitrogen and oxygen atoms in total. The number of halogens is 2. The maximum Gasteiger partial charge on any atom is 0.319 e. The number of hydrogen-bond acceptors (Lipinski definition) is 2. The van der Waals surface area contributed by atoms with Gasteiger partial charge in [0.2, 0.25) is 5.91 Å². The number of rotatable bonds is 3. The first-order chi connectivity index (χ1) is 11.9. The Morgan fingerprint density at radius 1 is 1.16 bits per heavy atom. The summed E-state index contributed by atoms with van der Waals surface area (Å²) in [6.07, 6.45) is 1.59. The summed E-state index contributed by atoms with van der Waals surface area (Å²) in [7, 11) is 0. The Bertz CT molecular complexity index is 841. The van der Waals surface area contributed by atoms with Gasteiger partial charge in [-0.2, -0.15) is 0 Å². The third kappa shape index (κ3) is 4.09. The van der Waals surface area contributed by atoms with Crippen molar-refractivity contribution in [3.8, 4) is 0 Å². The lowest BCUT2D eigenvalue weighted by atomic mass is 10.1. The summed E-state index contributed by atoms with van der Waals surface area (Å²) in [6.45, 7) is 1.35. The second kappa shape index (κ2) is 7.11. The summed E-state index contributed by atoms with van der Waals surface area (Å²) < 4.78 is 13.9. The van der Waals surface area contributed by atoms with Gasteiger partial charge in [0.25, 0.3) is 0 Å². The van der Waals surface area contributed by atoms with E-state index in [1.54, 1.807) is 6.07 Å². The molecule has 130 valence electrons. The van der Waals surface area contributed by atoms with E-state index in [9.17, 15) is 14.0 Å². The average Bonchev–Trinajstić information content (AvgIpc) is 2.92. The van der Waals surface area contributed by atoms with Crippen molar-refractivity contribution in [3.05, 3.63) is 58.4 Å². The number of benzene rings is 2. The zero-order valence-corrected chi connectivity index (χ0v) is 14.3. The first kappa shape index (κ1) is 17.2. The van der Waals surface area contributed by atoms with Crippen LogP contribution in [-0.4, -0.2) is 11.9 Å². The van der Waals surface area contributed by atoms with Gasteiger partial charge in [0.1, 0.15) is 5.82 Å². The van der Waals surface area contributed by atoms with Gasteiger partial charge >= 0.3 is 6.03 Å². The molecule has 7 heteroatoms. The molecule has 0 spiro atoms. The smallest absolute Gasteiger partial charge is 0.319 e. The molecule has 1 aliphatic rings. The van der Waals surface area contributed by atoms with Crippen molar-refractivity contribution in [2.45, 2.75) is 25.8 Å². The molecule has 1 unspecified atom stereocenters. The first-order valence-corrected chi connectivity index (χ1v) is 8.23. The van der Waals surface area contributed by atoms with Gasteiger partial charge < -0.3 is 16.0 Å². The fourth-order valence-electron chi connectivity index (χ4n) is 2.95. The molecule has 0 saturated heterocycles. The normalized spacial score (nSPS) is 15.4. The maximum atomic E-state index is 13.9. The zero-order valence-electron chi connectivity index (χ0n) is 13.5. The van der Waals surface area contributed by atoms with E-state index in [4.69, 9.17) is 11.6 Å². The lowest BCUT2D eigenvalue weighted by molar-refractivity contribution is -0.114. The summed E-state index contributed by atoms with van der Waals surface area (Å²) >= 11 is 5.98. The van der Waals surface area contributed by atoms with E-state index in [1.807, 2.05) is 12.1 Å². The van der Waals surface area contributed by atoms with Crippen molar-refractivity contribution in [2.24, 2.45) is 0 Å². The molecule has 3 rings (SSSR count). The van der Waals surface area contributed by atoms with Gasteiger partial charge in [0.15, 0.2) is 0 Å². The van der Waals surface area contributed by atoms with Crippen molar-refractivity contribution in [2.75, 3.05) is 10.6 Å². The van der Waals surface area contributed by atoms with Gasteiger partial charge in [0.05, 0.1) is 11.7 Å². The molecule has 25 heavy (non-hydrogen) atoms. The van der Waals surface area contributed by atoms with Crippen LogP contribution in [0.25, 0.3) is 0 Å². The van der Waals surface area contributed by atoms with Gasteiger partial charge in [-0.25, -0.2) is 9.18 Å². The van der Waals surface area contributed by atoms with E-state index in [0.29, 0.717) is 10.7 Å². The number of nitrogens with one attached hydrogen (secondary N) is 3. The van der Waals surface area contributed by atoms with Gasteiger partial charge in [-0.1, -0.05) is 17.7 Å². The SMILES string of the molecule is CC(=O)Nc1ccc(F)c(NC(=O)NC2CCc3cc(Cl)ccc32)c1. The molecule has 1 aliphatic carbocycles. The van der Waals surface area contributed by atoms with Crippen molar-refractivity contribution < 1.29 is 14.0 Å². The Kier molecular flexibility index (Phi) is 4.90. The largest absolute Gasteiger partial charge is 0.331 e. The highest BCUT2D eigenvalue weighted by Crippen LogP contribution is 2.33. The zero-order chi connectivity index (χ0) is 18.0. The molecule has 0 fully saturated rings. The Labute approximate surface area is 149 Å². The number of aryl methyl sites for hydroxylation is 1. The molecular weight excluding hydrogens is 345 g/mol. The predicted molar refractivity (Wildman–Crippen MR) is 95.4 cm³/mol. The van der Waals surface area contributed by atoms with Crippen molar-refractivity contribution in [1.29, 1.82) is 0 Å². The van der Waals surface area contributed by atoms with E-state index in [1.165, 1.54) is 25.1 Å². The summed E-state index contributed by atoms with van der Waals surface area (Å²) in [4.78, 5) is 23.3. The first-order valence-electron chi connectivity index (χ1n) is 7.85. The molecule has 2 aromatic carbocycles. The fourth-order valence-corrected chi connectivity index (χ4v) is 3.15. The Morgan fingerprint density at radius 3 is 2.72 bits per heavy atom. The van der Waals surface area contributed by atoms with Gasteiger partial charge in [-0.05, 0) is 54.3 Å². The number of urea groups is 1. The van der Waals surface area contributed by atoms with Crippen LogP contribution in [0.4, 0.5) is 20.6 Å². The highest BCUT2D eigenvalue weighted by atomic mass is 35.5. The molecule has 3 amide bonds. The number of fused-ring (bicyclic) bond motifs is 1. The molecule has 0 aliphatic heterocycles. The van der Waals surface area contributed by atoms with Gasteiger partial charge in [-0.3, -0.25) is 4.79 Å². The van der Waals surface area contributed by atoms with E-state index in [2.05, 4.69) is 16.0 Å². The quantitative estimate of drug-likeness (QED) is 0.765. The van der Waals surface area contributed by atoms with Crippen LogP contribution in [0.1, 0.15) is 30.5 Å². The van der Waals surface area contributed by atoms with E-state index in [0.717, 1.165) is 24.0 Å². The van der Waals surface area contributed by atoms with Crippen LogP contribution in [-0.2, 0) is 11.2 Å². The van der Waals surface area contributed by atoms with Gasteiger partial charge in [-0.15, -0.1) is 0 Å². The monoisotopic (exact) mass is 361 g/mol. The summed E-state index contributed by atoms with van der Waals surface area (Å²) in [6, 6.07) is 8.92. The average molecular weight is 362 g/mol. The predicted octanol–water partition coefficient (Wildman–Crippen LogP) is 4.25. The van der Waals surface area contributed by atoms with Crippen molar-refractivity contribution in [3.63, 3.8) is 0 Å². The third-order valence-corrected chi connectivity index (χ3v) is 4.26. The highest BCUT2D eigenvalue weighted by molar-refractivity contribution is 6.30. The lowest BCUT2D eigenvalue weighted by Gasteiger charge is -2.16. The van der Waals surface area contributed by atoms with E-state index < -0.39 is 11.8 Å². The second-order valence-corrected chi connectivity index (χ2v) is 6.35. The lowest BCUT2D eigenvalue weighted by Crippen LogP contribution is -2.31. The number of carbonyl (C=O) groups is 2. The summed E-state index contributed by atoms with van der Waals surface area (Å²) in [5, 5.41) is 8.55. The second-order valence-electron chi connectivity index (χ2n) is 5.91. The van der Waals surface area contributed by atoms with E-state index in [-0.39, 0.29) is 17.6 Å². The van der Waals surface area contributed by atoms with Crippen molar-refractivity contribution >= 4 is 34.9 Å². The number of hydrogen-bond donors (Lipinski definition) is 3. The maximum absolute atomic E-state index is 13.9. The molecule has 0 bridgehead atoms. The Balaban J connectivity index is 1.69. The number of anilines is 2. The van der Waals surface area contributed by atoms with Crippen molar-refractivity contribution in [1.82, 2.24) is 5.32 Å². The highest BCUT2D eigenvalue weighted by Gasteiger charge is 2.24. The van der Waals surface area contributed by atoms with Crippen LogP contribution in [0.15, 0.2) is 36.4 Å². The van der Waals surface area contributed by atoms with Crippen LogP contribution in [0.2, 0.25) is 5.02 Å². The molecule has 1 atom stereocenters. The fraction of sp³-hybridized carbons (Fsp3) is 0.222. The van der Waals surface area contributed by atoms with Crippen LogP contribution in [0, 0.1) is 5.82 Å². The van der Waals surface area contributed by atoms with Crippen LogP contribution in [0.5, 0.6) is 0 Å². The molecule has 0 aromatic heterocycles. The Hall–Kier alpha value is -2.60. The Morgan fingerprint density at radius 2 is 1.96 bits per heavy atom. The number of amides is 3. The summed E-state index contributed by atoms with van der Waals surface area (Å²) in [5.74, 6) is -0.855. The minimum absolute atomic E-state index is 0.00178. The topological polar surface area (TPSA) is 70.2 Å². The minimum atomic E-state index is -0.581. The third-order valence-electron chi connectivity index (χ3n) is 4.02. The molecular formula is C18H17ClFN3O2. The molecule has 0 heterocycles. The summed E-state index contributed by atoms with van der Waals surface area (Å²) in [5.41, 5.74) is 2.53. The van der Waals surface area contributed by atoms with Crippen LogP contribution in [0.3, 0.4) is 0 Å². The minimum Gasteiger partial charge on any atom is -0.331 e. The molecule has 2 aromatic rings. The van der Waals surface area contributed by atoms with Gasteiger partial charge in [0, 0.05) is 17.6 Å². The molecule has 3 N–H and O–H groups in total. The number of carbonyl (C=O) groups excluding carboxylic acids is 2. The van der Waals surface area contributed by atoms with E-state index >= 15 is 0 Å². The molecule has 0 radical (unpaired) electrons.